The average Bonchev–Trinajstić information content (AvgIpc) is 3.50. The standard InChI is InChI=1S/C39H56FN7O5/c1-26-14-15-31(40)30(21-26)29-22-34(46(24-29)23-28-11-7-6-8-12-28)36(39(3,4)5)47(35(50)25-48)20-16-32(42)37(51)43-18-19-44-38(52)33(45-27(2)49)13-9-10-17-41/h6-8,11-12,14-15,21-22,24,32-33,36,48H,9-10,13,16-20,23,25,41-42H2,1-5H3,(H,43,51)(H,44,52)(H,45,49). The fourth-order valence-corrected chi connectivity index (χ4v) is 6.28. The van der Waals surface area contributed by atoms with Crippen LogP contribution in [-0.2, 0) is 25.7 Å². The number of unbranched alkanes of at least 4 members (excludes halogenated alkanes) is 1. The highest BCUT2D eigenvalue weighted by Gasteiger charge is 2.37. The predicted octanol–water partition coefficient (Wildman–Crippen LogP) is 3.14. The number of rotatable bonds is 19. The zero-order valence-corrected chi connectivity index (χ0v) is 31.1. The van der Waals surface area contributed by atoms with Gasteiger partial charge in [0, 0.05) is 56.1 Å². The minimum atomic E-state index is -0.998. The molecule has 2 aromatic carbocycles. The highest BCUT2D eigenvalue weighted by Crippen LogP contribution is 2.41. The van der Waals surface area contributed by atoms with Gasteiger partial charge in [0.1, 0.15) is 18.5 Å². The molecule has 0 aliphatic heterocycles. The molecule has 3 rings (SSSR count). The lowest BCUT2D eigenvalue weighted by molar-refractivity contribution is -0.140. The third-order valence-electron chi connectivity index (χ3n) is 8.81. The summed E-state index contributed by atoms with van der Waals surface area (Å²) in [6, 6.07) is 14.3. The van der Waals surface area contributed by atoms with Crippen LogP contribution in [0, 0.1) is 18.2 Å². The molecular weight excluding hydrogens is 665 g/mol. The number of nitrogens with zero attached hydrogens (tertiary/aromatic N) is 2. The Morgan fingerprint density at radius 2 is 1.63 bits per heavy atom. The summed E-state index contributed by atoms with van der Waals surface area (Å²) >= 11 is 0. The molecule has 0 fully saturated rings. The number of carbonyl (C=O) groups excluding carboxylic acids is 4. The molecule has 3 atom stereocenters. The summed E-state index contributed by atoms with van der Waals surface area (Å²) in [4.78, 5) is 52.2. The quantitative estimate of drug-likeness (QED) is 0.103. The van der Waals surface area contributed by atoms with E-state index in [2.05, 4.69) is 16.0 Å². The molecule has 12 nitrogen and oxygen atoms in total. The topological polar surface area (TPSA) is 185 Å². The Labute approximate surface area is 306 Å². The van der Waals surface area contributed by atoms with Gasteiger partial charge in [-0.15, -0.1) is 0 Å². The average molecular weight is 722 g/mol. The SMILES string of the molecule is CC(=O)NC(CCCCN)C(=O)NCCNC(=O)C(N)CCN(C(=O)CO)C(c1cc(-c2cc(C)ccc2F)cn1Cc1ccccc1)C(C)(C)C. The van der Waals surface area contributed by atoms with Gasteiger partial charge in [0.15, 0.2) is 0 Å². The molecule has 0 saturated heterocycles. The lowest BCUT2D eigenvalue weighted by Crippen LogP contribution is -2.49. The molecular formula is C39H56FN7O5. The minimum Gasteiger partial charge on any atom is -0.387 e. The fraction of sp³-hybridized carbons (Fsp3) is 0.487. The largest absolute Gasteiger partial charge is 0.387 e. The number of benzene rings is 2. The number of aliphatic hydroxyl groups excluding tert-OH is 1. The number of aliphatic hydroxyl groups is 1. The van der Waals surface area contributed by atoms with Crippen molar-refractivity contribution in [3.05, 3.63) is 83.4 Å². The number of carbonyl (C=O) groups is 4. The second kappa shape index (κ2) is 19.9. The number of aryl methyl sites for hydroxylation is 1. The second-order valence-electron chi connectivity index (χ2n) is 14.3. The van der Waals surface area contributed by atoms with Crippen molar-refractivity contribution in [2.45, 2.75) is 85.0 Å². The van der Waals surface area contributed by atoms with Crippen LogP contribution in [0.4, 0.5) is 4.39 Å². The Bertz CT molecular complexity index is 1640. The van der Waals surface area contributed by atoms with Gasteiger partial charge in [0.2, 0.25) is 23.6 Å². The molecule has 0 saturated carbocycles. The van der Waals surface area contributed by atoms with Crippen LogP contribution in [0.3, 0.4) is 0 Å². The number of hydrogen-bond donors (Lipinski definition) is 6. The van der Waals surface area contributed by atoms with Crippen LogP contribution >= 0.6 is 0 Å². The van der Waals surface area contributed by atoms with Crippen molar-refractivity contribution in [3.8, 4) is 11.1 Å². The zero-order chi connectivity index (χ0) is 38.4. The molecule has 3 aromatic rings. The van der Waals surface area contributed by atoms with Crippen molar-refractivity contribution < 1.29 is 28.7 Å². The van der Waals surface area contributed by atoms with E-state index >= 15 is 4.39 Å². The first-order valence-electron chi connectivity index (χ1n) is 17.8. The number of nitrogens with two attached hydrogens (primary N) is 2. The highest BCUT2D eigenvalue weighted by atomic mass is 19.1. The van der Waals surface area contributed by atoms with Gasteiger partial charge in [-0.25, -0.2) is 4.39 Å². The van der Waals surface area contributed by atoms with Crippen LogP contribution in [0.5, 0.6) is 0 Å². The summed E-state index contributed by atoms with van der Waals surface area (Å²) in [5.41, 5.74) is 15.0. The zero-order valence-electron chi connectivity index (χ0n) is 31.1. The number of amides is 4. The molecule has 0 radical (unpaired) electrons. The van der Waals surface area contributed by atoms with E-state index in [4.69, 9.17) is 11.5 Å². The van der Waals surface area contributed by atoms with E-state index < -0.39 is 42.0 Å². The first kappa shape index (κ1) is 41.8. The van der Waals surface area contributed by atoms with E-state index in [1.54, 1.807) is 17.0 Å². The van der Waals surface area contributed by atoms with E-state index in [0.717, 1.165) is 23.2 Å². The van der Waals surface area contributed by atoms with Crippen molar-refractivity contribution in [1.82, 2.24) is 25.4 Å². The minimum absolute atomic E-state index is 0.0541. The third kappa shape index (κ3) is 12.3. The molecule has 0 bridgehead atoms. The van der Waals surface area contributed by atoms with Crippen LogP contribution in [0.2, 0.25) is 0 Å². The number of aromatic nitrogens is 1. The lowest BCUT2D eigenvalue weighted by atomic mass is 9.82. The second-order valence-corrected chi connectivity index (χ2v) is 14.3. The molecule has 1 aromatic heterocycles. The normalized spacial score (nSPS) is 13.2. The molecule has 13 heteroatoms. The molecule has 8 N–H and O–H groups in total. The number of nitrogens with one attached hydrogen (secondary N) is 3. The summed E-state index contributed by atoms with van der Waals surface area (Å²) in [6.45, 7) is 9.66. The Morgan fingerprint density at radius 3 is 2.25 bits per heavy atom. The van der Waals surface area contributed by atoms with Gasteiger partial charge >= 0.3 is 0 Å². The van der Waals surface area contributed by atoms with E-state index in [1.807, 2.05) is 74.9 Å². The molecule has 1 heterocycles. The van der Waals surface area contributed by atoms with Crippen molar-refractivity contribution >= 4 is 23.6 Å². The van der Waals surface area contributed by atoms with E-state index in [0.29, 0.717) is 37.1 Å². The summed E-state index contributed by atoms with van der Waals surface area (Å²) < 4.78 is 17.2. The van der Waals surface area contributed by atoms with Crippen LogP contribution in [0.15, 0.2) is 60.8 Å². The van der Waals surface area contributed by atoms with Gasteiger partial charge in [-0.1, -0.05) is 62.7 Å². The third-order valence-corrected chi connectivity index (χ3v) is 8.81. The fourth-order valence-electron chi connectivity index (χ4n) is 6.28. The monoisotopic (exact) mass is 721 g/mol. The molecule has 284 valence electrons. The van der Waals surface area contributed by atoms with Crippen molar-refractivity contribution in [2.75, 3.05) is 32.8 Å². The maximum atomic E-state index is 15.2. The van der Waals surface area contributed by atoms with Crippen LogP contribution < -0.4 is 27.4 Å². The smallest absolute Gasteiger partial charge is 0.248 e. The summed E-state index contributed by atoms with van der Waals surface area (Å²) in [7, 11) is 0. The summed E-state index contributed by atoms with van der Waals surface area (Å²) in [5, 5.41) is 18.2. The number of hydrogen-bond acceptors (Lipinski definition) is 7. The molecule has 0 aliphatic rings. The van der Waals surface area contributed by atoms with Gasteiger partial charge in [-0.3, -0.25) is 19.2 Å². The van der Waals surface area contributed by atoms with Crippen molar-refractivity contribution in [3.63, 3.8) is 0 Å². The molecule has 4 amide bonds. The Hall–Kier alpha value is -4.59. The molecule has 3 unspecified atom stereocenters. The first-order valence-corrected chi connectivity index (χ1v) is 17.8. The van der Waals surface area contributed by atoms with Crippen LogP contribution in [-0.4, -0.2) is 83.1 Å². The van der Waals surface area contributed by atoms with Gasteiger partial charge in [0.25, 0.3) is 0 Å². The lowest BCUT2D eigenvalue weighted by Gasteiger charge is -2.41. The van der Waals surface area contributed by atoms with E-state index in [-0.39, 0.29) is 43.7 Å². The maximum absolute atomic E-state index is 15.2. The van der Waals surface area contributed by atoms with Gasteiger partial charge < -0.3 is 42.0 Å². The van der Waals surface area contributed by atoms with Gasteiger partial charge in [0.05, 0.1) is 12.1 Å². The van der Waals surface area contributed by atoms with E-state index in [9.17, 15) is 24.3 Å². The molecule has 52 heavy (non-hydrogen) atoms. The van der Waals surface area contributed by atoms with Crippen LogP contribution in [0.25, 0.3) is 11.1 Å². The Morgan fingerprint density at radius 1 is 0.962 bits per heavy atom. The van der Waals surface area contributed by atoms with Gasteiger partial charge in [-0.2, -0.15) is 0 Å². The summed E-state index contributed by atoms with van der Waals surface area (Å²) in [5.74, 6) is -2.05. The number of halogens is 1. The van der Waals surface area contributed by atoms with E-state index in [1.165, 1.54) is 13.0 Å². The highest BCUT2D eigenvalue weighted by molar-refractivity contribution is 5.87. The Kier molecular flexibility index (Phi) is 16.0. The van der Waals surface area contributed by atoms with Crippen molar-refractivity contribution in [2.24, 2.45) is 16.9 Å². The maximum Gasteiger partial charge on any atom is 0.248 e. The molecule has 0 aliphatic carbocycles. The predicted molar refractivity (Wildman–Crippen MR) is 200 cm³/mol. The first-order chi connectivity index (χ1) is 24.7. The van der Waals surface area contributed by atoms with Crippen LogP contribution in [0.1, 0.15) is 76.2 Å². The summed E-state index contributed by atoms with van der Waals surface area (Å²) in [6.07, 6.45) is 3.82. The Balaban J connectivity index is 1.79. The molecule has 0 spiro atoms. The van der Waals surface area contributed by atoms with Gasteiger partial charge in [-0.05, 0) is 68.3 Å². The van der Waals surface area contributed by atoms with Crippen molar-refractivity contribution in [1.29, 1.82) is 0 Å².